The number of ketones is 2. The molecule has 0 fully saturated rings. The highest BCUT2D eigenvalue weighted by Crippen LogP contribution is 2.36. The van der Waals surface area contributed by atoms with Gasteiger partial charge in [0.05, 0.1) is 6.61 Å². The molecule has 116 valence electrons. The number of Topliss-reactive ketones (excluding diaryl/α,β-unsaturated/α-hetero) is 2. The van der Waals surface area contributed by atoms with Crippen molar-refractivity contribution < 1.29 is 14.7 Å². The van der Waals surface area contributed by atoms with E-state index in [1.165, 1.54) is 0 Å². The molecule has 0 amide bonds. The molecule has 3 heteroatoms. The molecule has 0 heterocycles. The minimum absolute atomic E-state index is 0.0192. The highest BCUT2D eigenvalue weighted by molar-refractivity contribution is 6.53. The van der Waals surface area contributed by atoms with Crippen molar-refractivity contribution in [3.63, 3.8) is 0 Å². The smallest absolute Gasteiger partial charge is 0.234 e. The molecule has 1 N–H and O–H groups in total. The van der Waals surface area contributed by atoms with E-state index in [4.69, 9.17) is 0 Å². The van der Waals surface area contributed by atoms with Gasteiger partial charge in [0.1, 0.15) is 0 Å². The molecule has 1 aliphatic carbocycles. The van der Waals surface area contributed by atoms with Crippen molar-refractivity contribution in [2.24, 2.45) is 0 Å². The predicted octanol–water partition coefficient (Wildman–Crippen LogP) is 3.89. The molecule has 0 aliphatic heterocycles. The largest absolute Gasteiger partial charge is 0.392 e. The van der Waals surface area contributed by atoms with Crippen molar-refractivity contribution in [3.05, 3.63) is 83.4 Å². The molecular weight excluding hydrogens is 300 g/mol. The summed E-state index contributed by atoms with van der Waals surface area (Å²) >= 11 is 0. The summed E-state index contributed by atoms with van der Waals surface area (Å²) in [5, 5.41) is 9.31. The van der Waals surface area contributed by atoms with Crippen LogP contribution in [-0.2, 0) is 6.61 Å². The van der Waals surface area contributed by atoms with Crippen LogP contribution in [0.5, 0.6) is 0 Å². The Balaban J connectivity index is 1.92. The van der Waals surface area contributed by atoms with Gasteiger partial charge in [0.25, 0.3) is 0 Å². The lowest BCUT2D eigenvalue weighted by molar-refractivity contribution is 0.0815. The van der Waals surface area contributed by atoms with Crippen LogP contribution in [0.25, 0.3) is 22.3 Å². The van der Waals surface area contributed by atoms with Crippen LogP contribution in [-0.4, -0.2) is 16.7 Å². The highest BCUT2D eigenvalue weighted by Gasteiger charge is 2.30. The molecule has 0 atom stereocenters. The normalized spacial score (nSPS) is 12.7. The first-order chi connectivity index (χ1) is 11.7. The molecule has 3 aromatic carbocycles. The first-order valence-electron chi connectivity index (χ1n) is 7.71. The molecule has 0 radical (unpaired) electrons. The fourth-order valence-corrected chi connectivity index (χ4v) is 3.15. The van der Waals surface area contributed by atoms with E-state index < -0.39 is 11.6 Å². The molecule has 3 nitrogen and oxygen atoms in total. The first-order valence-corrected chi connectivity index (χ1v) is 7.71. The summed E-state index contributed by atoms with van der Waals surface area (Å²) in [6.45, 7) is -0.0192. The number of carbonyl (C=O) groups excluding carboxylic acids is 2. The number of carbonyl (C=O) groups is 2. The number of benzene rings is 3. The van der Waals surface area contributed by atoms with Gasteiger partial charge in [0.15, 0.2) is 0 Å². The first kappa shape index (κ1) is 14.5. The number of rotatable bonds is 2. The monoisotopic (exact) mass is 314 g/mol. The molecule has 4 rings (SSSR count). The Labute approximate surface area is 139 Å². The zero-order chi connectivity index (χ0) is 16.7. The summed E-state index contributed by atoms with van der Waals surface area (Å²) < 4.78 is 0. The fourth-order valence-electron chi connectivity index (χ4n) is 3.15. The average molecular weight is 314 g/mol. The van der Waals surface area contributed by atoms with Gasteiger partial charge in [-0.2, -0.15) is 0 Å². The third-order valence-electron chi connectivity index (χ3n) is 4.38. The van der Waals surface area contributed by atoms with Crippen LogP contribution in [0.4, 0.5) is 0 Å². The number of aliphatic hydroxyl groups is 1. The van der Waals surface area contributed by atoms with E-state index in [0.29, 0.717) is 11.1 Å². The molecule has 1 aliphatic rings. The molecule has 0 aromatic heterocycles. The summed E-state index contributed by atoms with van der Waals surface area (Å²) in [6, 6.07) is 20.3. The predicted molar refractivity (Wildman–Crippen MR) is 91.9 cm³/mol. The summed E-state index contributed by atoms with van der Waals surface area (Å²) in [5.74, 6) is -0.910. The maximum atomic E-state index is 12.3. The van der Waals surface area contributed by atoms with Crippen molar-refractivity contribution in [2.75, 3.05) is 0 Å². The van der Waals surface area contributed by atoms with E-state index in [1.807, 2.05) is 48.5 Å². The van der Waals surface area contributed by atoms with E-state index in [-0.39, 0.29) is 6.61 Å². The van der Waals surface area contributed by atoms with Gasteiger partial charge >= 0.3 is 0 Å². The summed E-state index contributed by atoms with van der Waals surface area (Å²) in [4.78, 5) is 24.6. The minimum Gasteiger partial charge on any atom is -0.392 e. The fraction of sp³-hybridized carbons (Fsp3) is 0.0476. The van der Waals surface area contributed by atoms with Gasteiger partial charge in [-0.3, -0.25) is 9.59 Å². The molecule has 24 heavy (non-hydrogen) atoms. The molecular formula is C21H14O3. The van der Waals surface area contributed by atoms with Crippen molar-refractivity contribution in [1.82, 2.24) is 0 Å². The van der Waals surface area contributed by atoms with E-state index >= 15 is 0 Å². The SMILES string of the molecule is O=C1C(=O)c2ccc(-c3cccc(CO)c3)cc2-c2ccccc21. The van der Waals surface area contributed by atoms with Gasteiger partial charge in [0.2, 0.25) is 11.6 Å². The third kappa shape index (κ3) is 2.18. The Kier molecular flexibility index (Phi) is 3.36. The van der Waals surface area contributed by atoms with Crippen LogP contribution < -0.4 is 0 Å². The standard InChI is InChI=1S/C21H14O3/c22-12-13-4-3-5-14(10-13)15-8-9-18-19(11-15)16-6-1-2-7-17(16)20(23)21(18)24/h1-11,22H,12H2. The van der Waals surface area contributed by atoms with Crippen molar-refractivity contribution in [1.29, 1.82) is 0 Å². The maximum Gasteiger partial charge on any atom is 0.234 e. The van der Waals surface area contributed by atoms with E-state index in [1.54, 1.807) is 18.2 Å². The van der Waals surface area contributed by atoms with Crippen molar-refractivity contribution >= 4 is 11.6 Å². The molecule has 3 aromatic rings. The lowest BCUT2D eigenvalue weighted by Gasteiger charge is -2.18. The van der Waals surface area contributed by atoms with Gasteiger partial charge in [-0.15, -0.1) is 0 Å². The Morgan fingerprint density at radius 2 is 1.29 bits per heavy atom. The second-order valence-electron chi connectivity index (χ2n) is 5.82. The van der Waals surface area contributed by atoms with Gasteiger partial charge in [0, 0.05) is 11.1 Å². The second-order valence-corrected chi connectivity index (χ2v) is 5.82. The Morgan fingerprint density at radius 1 is 0.625 bits per heavy atom. The molecule has 0 unspecified atom stereocenters. The van der Waals surface area contributed by atoms with Crippen LogP contribution >= 0.6 is 0 Å². The number of aliphatic hydroxyl groups excluding tert-OH is 1. The summed E-state index contributed by atoms with van der Waals surface area (Å²) in [5.41, 5.74) is 5.21. The number of hydrogen-bond acceptors (Lipinski definition) is 3. The van der Waals surface area contributed by atoms with E-state index in [2.05, 4.69) is 0 Å². The lowest BCUT2D eigenvalue weighted by atomic mass is 9.82. The minimum atomic E-state index is -0.459. The van der Waals surface area contributed by atoms with Gasteiger partial charge in [-0.05, 0) is 46.0 Å². The van der Waals surface area contributed by atoms with Crippen molar-refractivity contribution in [2.45, 2.75) is 6.61 Å². The Morgan fingerprint density at radius 3 is 2.04 bits per heavy atom. The topological polar surface area (TPSA) is 54.4 Å². The Bertz CT molecular complexity index is 986. The molecule has 0 spiro atoms. The maximum absolute atomic E-state index is 12.3. The van der Waals surface area contributed by atoms with Crippen LogP contribution in [0.15, 0.2) is 66.7 Å². The average Bonchev–Trinajstić information content (AvgIpc) is 2.65. The van der Waals surface area contributed by atoms with Crippen molar-refractivity contribution in [3.8, 4) is 22.3 Å². The third-order valence-corrected chi connectivity index (χ3v) is 4.38. The number of fused-ring (bicyclic) bond motifs is 3. The lowest BCUT2D eigenvalue weighted by Crippen LogP contribution is -2.21. The summed E-state index contributed by atoms with van der Waals surface area (Å²) in [6.07, 6.45) is 0. The van der Waals surface area contributed by atoms with Crippen LogP contribution in [0.2, 0.25) is 0 Å². The van der Waals surface area contributed by atoms with E-state index in [9.17, 15) is 14.7 Å². The molecule has 0 bridgehead atoms. The van der Waals surface area contributed by atoms with Gasteiger partial charge in [-0.1, -0.05) is 48.5 Å². The van der Waals surface area contributed by atoms with E-state index in [0.717, 1.165) is 27.8 Å². The summed E-state index contributed by atoms with van der Waals surface area (Å²) in [7, 11) is 0. The zero-order valence-electron chi connectivity index (χ0n) is 12.8. The van der Waals surface area contributed by atoms with Gasteiger partial charge < -0.3 is 5.11 Å². The molecule has 0 saturated carbocycles. The van der Waals surface area contributed by atoms with Crippen LogP contribution in [0, 0.1) is 0 Å². The molecule has 0 saturated heterocycles. The second kappa shape index (κ2) is 5.55. The van der Waals surface area contributed by atoms with Gasteiger partial charge in [-0.25, -0.2) is 0 Å². The highest BCUT2D eigenvalue weighted by atomic mass is 16.3. The number of hydrogen-bond donors (Lipinski definition) is 1. The van der Waals surface area contributed by atoms with Crippen LogP contribution in [0.1, 0.15) is 26.3 Å². The van der Waals surface area contributed by atoms with Crippen LogP contribution in [0.3, 0.4) is 0 Å². The Hall–Kier alpha value is -3.04. The quantitative estimate of drug-likeness (QED) is 0.730. The zero-order valence-corrected chi connectivity index (χ0v) is 12.8.